The van der Waals surface area contributed by atoms with Gasteiger partial charge in [-0.1, -0.05) is 24.3 Å². The van der Waals surface area contributed by atoms with Crippen LogP contribution in [-0.2, 0) is 16.4 Å². The zero-order chi connectivity index (χ0) is 13.7. The van der Waals surface area contributed by atoms with Gasteiger partial charge in [-0.3, -0.25) is 0 Å². The standard InChI is InChI=1S/C15H21NO2S/c1-19(17,18)15-9-7-14(8-10-15)12-16-11-13-5-3-2-4-6-13/h2-3,7-10,13,16H,4-6,11-12H2,1H3. The summed E-state index contributed by atoms with van der Waals surface area (Å²) in [5.41, 5.74) is 1.12. The van der Waals surface area contributed by atoms with Crippen LogP contribution in [0.15, 0.2) is 41.3 Å². The molecule has 3 nitrogen and oxygen atoms in total. The molecule has 1 aromatic carbocycles. The van der Waals surface area contributed by atoms with Crippen LogP contribution < -0.4 is 5.32 Å². The molecule has 0 saturated carbocycles. The van der Waals surface area contributed by atoms with E-state index in [2.05, 4.69) is 17.5 Å². The molecule has 19 heavy (non-hydrogen) atoms. The molecular formula is C15H21NO2S. The molecule has 0 aliphatic heterocycles. The highest BCUT2D eigenvalue weighted by atomic mass is 32.2. The van der Waals surface area contributed by atoms with Crippen LogP contribution >= 0.6 is 0 Å². The molecule has 1 aliphatic rings. The van der Waals surface area contributed by atoms with Crippen molar-refractivity contribution in [3.8, 4) is 0 Å². The van der Waals surface area contributed by atoms with Gasteiger partial charge < -0.3 is 5.32 Å². The summed E-state index contributed by atoms with van der Waals surface area (Å²) in [7, 11) is -3.09. The summed E-state index contributed by atoms with van der Waals surface area (Å²) in [6.45, 7) is 1.82. The second-order valence-electron chi connectivity index (χ2n) is 5.20. The van der Waals surface area contributed by atoms with Crippen molar-refractivity contribution in [2.24, 2.45) is 5.92 Å². The van der Waals surface area contributed by atoms with Crippen LogP contribution in [0.3, 0.4) is 0 Å². The largest absolute Gasteiger partial charge is 0.312 e. The van der Waals surface area contributed by atoms with Gasteiger partial charge in [-0.25, -0.2) is 8.42 Å². The molecule has 1 aromatic rings. The first-order valence-corrected chi connectivity index (χ1v) is 8.59. The third-order valence-electron chi connectivity index (χ3n) is 3.49. The van der Waals surface area contributed by atoms with Crippen molar-refractivity contribution >= 4 is 9.84 Å². The first kappa shape index (κ1) is 14.3. The zero-order valence-corrected chi connectivity index (χ0v) is 12.1. The van der Waals surface area contributed by atoms with Crippen LogP contribution in [0.4, 0.5) is 0 Å². The highest BCUT2D eigenvalue weighted by molar-refractivity contribution is 7.90. The first-order valence-electron chi connectivity index (χ1n) is 6.70. The fourth-order valence-corrected chi connectivity index (χ4v) is 2.95. The number of hydrogen-bond acceptors (Lipinski definition) is 3. The molecule has 0 aromatic heterocycles. The minimum atomic E-state index is -3.09. The molecule has 0 radical (unpaired) electrons. The van der Waals surface area contributed by atoms with Crippen molar-refractivity contribution in [3.05, 3.63) is 42.0 Å². The van der Waals surface area contributed by atoms with E-state index in [0.717, 1.165) is 24.6 Å². The first-order chi connectivity index (χ1) is 9.05. The summed E-state index contributed by atoms with van der Waals surface area (Å²) < 4.78 is 22.7. The number of rotatable bonds is 5. The van der Waals surface area contributed by atoms with Crippen molar-refractivity contribution < 1.29 is 8.42 Å². The number of hydrogen-bond donors (Lipinski definition) is 1. The van der Waals surface area contributed by atoms with E-state index in [1.165, 1.54) is 25.5 Å². The number of nitrogens with one attached hydrogen (secondary N) is 1. The molecule has 4 heteroatoms. The van der Waals surface area contributed by atoms with Crippen molar-refractivity contribution in [3.63, 3.8) is 0 Å². The van der Waals surface area contributed by atoms with Crippen molar-refractivity contribution in [2.75, 3.05) is 12.8 Å². The lowest BCUT2D eigenvalue weighted by Crippen LogP contribution is -2.23. The lowest BCUT2D eigenvalue weighted by molar-refractivity contribution is 0.440. The molecule has 0 bridgehead atoms. The summed E-state index contributed by atoms with van der Waals surface area (Å²) >= 11 is 0. The van der Waals surface area contributed by atoms with E-state index in [4.69, 9.17) is 0 Å². The minimum Gasteiger partial charge on any atom is -0.312 e. The fraction of sp³-hybridized carbons (Fsp3) is 0.467. The Bertz CT molecular complexity index is 532. The van der Waals surface area contributed by atoms with Crippen LogP contribution in [-0.4, -0.2) is 21.2 Å². The van der Waals surface area contributed by atoms with E-state index in [1.54, 1.807) is 12.1 Å². The minimum absolute atomic E-state index is 0.383. The van der Waals surface area contributed by atoms with Crippen molar-refractivity contribution in [1.29, 1.82) is 0 Å². The smallest absolute Gasteiger partial charge is 0.175 e. The molecule has 0 spiro atoms. The average molecular weight is 279 g/mol. The molecule has 1 N–H and O–H groups in total. The molecule has 0 saturated heterocycles. The molecule has 1 aliphatic carbocycles. The lowest BCUT2D eigenvalue weighted by Gasteiger charge is -2.18. The van der Waals surface area contributed by atoms with E-state index in [1.807, 2.05) is 12.1 Å². The molecule has 1 unspecified atom stereocenters. The fourth-order valence-electron chi connectivity index (χ4n) is 2.32. The van der Waals surface area contributed by atoms with Gasteiger partial charge in [0.15, 0.2) is 9.84 Å². The van der Waals surface area contributed by atoms with Gasteiger partial charge in [-0.2, -0.15) is 0 Å². The van der Waals surface area contributed by atoms with Crippen molar-refractivity contribution in [2.45, 2.75) is 30.7 Å². The number of sulfone groups is 1. The molecule has 2 rings (SSSR count). The Morgan fingerprint density at radius 2 is 1.95 bits per heavy atom. The van der Waals surface area contributed by atoms with Crippen LogP contribution in [0.2, 0.25) is 0 Å². The quantitative estimate of drug-likeness (QED) is 0.843. The number of benzene rings is 1. The van der Waals surface area contributed by atoms with Gasteiger partial charge in [0.05, 0.1) is 4.90 Å². The van der Waals surface area contributed by atoms with E-state index < -0.39 is 9.84 Å². The van der Waals surface area contributed by atoms with Crippen LogP contribution in [0, 0.1) is 5.92 Å². The summed E-state index contributed by atoms with van der Waals surface area (Å²) in [6, 6.07) is 7.11. The topological polar surface area (TPSA) is 46.2 Å². The van der Waals surface area contributed by atoms with Gasteiger partial charge >= 0.3 is 0 Å². The van der Waals surface area contributed by atoms with E-state index in [0.29, 0.717) is 4.90 Å². The average Bonchev–Trinajstić information content (AvgIpc) is 2.39. The second-order valence-corrected chi connectivity index (χ2v) is 7.21. The SMILES string of the molecule is CS(=O)(=O)c1ccc(CNCC2CC=CCC2)cc1. The maximum Gasteiger partial charge on any atom is 0.175 e. The maximum atomic E-state index is 11.3. The Kier molecular flexibility index (Phi) is 4.77. The third kappa shape index (κ3) is 4.48. The second kappa shape index (κ2) is 6.35. The normalized spacial score (nSPS) is 19.5. The molecule has 0 heterocycles. The Labute approximate surface area is 115 Å². The lowest BCUT2D eigenvalue weighted by atomic mass is 9.94. The summed E-state index contributed by atoms with van der Waals surface area (Å²) in [5.74, 6) is 0.736. The van der Waals surface area contributed by atoms with Crippen molar-refractivity contribution in [1.82, 2.24) is 5.32 Å². The van der Waals surface area contributed by atoms with Gasteiger partial charge in [0.25, 0.3) is 0 Å². The van der Waals surface area contributed by atoms with Gasteiger partial charge in [0.2, 0.25) is 0 Å². The molecular weight excluding hydrogens is 258 g/mol. The Morgan fingerprint density at radius 1 is 1.21 bits per heavy atom. The highest BCUT2D eigenvalue weighted by Gasteiger charge is 2.09. The maximum absolute atomic E-state index is 11.3. The molecule has 104 valence electrons. The van der Waals surface area contributed by atoms with Gasteiger partial charge in [0, 0.05) is 12.8 Å². The van der Waals surface area contributed by atoms with Gasteiger partial charge in [-0.05, 0) is 49.4 Å². The van der Waals surface area contributed by atoms with E-state index in [9.17, 15) is 8.42 Å². The summed E-state index contributed by atoms with van der Waals surface area (Å²) in [4.78, 5) is 0.383. The Morgan fingerprint density at radius 3 is 2.53 bits per heavy atom. The van der Waals surface area contributed by atoms with Gasteiger partial charge in [-0.15, -0.1) is 0 Å². The Balaban J connectivity index is 1.81. The molecule has 0 amide bonds. The predicted octanol–water partition coefficient (Wildman–Crippen LogP) is 2.54. The van der Waals surface area contributed by atoms with Crippen LogP contribution in [0.5, 0.6) is 0 Å². The Hall–Kier alpha value is -1.13. The number of allylic oxidation sites excluding steroid dienone is 2. The molecule has 1 atom stereocenters. The summed E-state index contributed by atoms with van der Waals surface area (Å²) in [6.07, 6.45) is 9.36. The molecule has 0 fully saturated rings. The highest BCUT2D eigenvalue weighted by Crippen LogP contribution is 2.17. The van der Waals surface area contributed by atoms with E-state index in [-0.39, 0.29) is 0 Å². The van der Waals surface area contributed by atoms with Crippen LogP contribution in [0.25, 0.3) is 0 Å². The van der Waals surface area contributed by atoms with Gasteiger partial charge in [0.1, 0.15) is 0 Å². The third-order valence-corrected chi connectivity index (χ3v) is 4.62. The van der Waals surface area contributed by atoms with Crippen LogP contribution in [0.1, 0.15) is 24.8 Å². The predicted molar refractivity (Wildman–Crippen MR) is 77.7 cm³/mol. The monoisotopic (exact) mass is 279 g/mol. The summed E-state index contributed by atoms with van der Waals surface area (Å²) in [5, 5.41) is 3.45. The zero-order valence-electron chi connectivity index (χ0n) is 11.3. The van der Waals surface area contributed by atoms with E-state index >= 15 is 0 Å².